The third-order valence-corrected chi connectivity index (χ3v) is 2.19. The van der Waals surface area contributed by atoms with E-state index in [0.29, 0.717) is 5.92 Å². The summed E-state index contributed by atoms with van der Waals surface area (Å²) in [6.07, 6.45) is 1.88. The first kappa shape index (κ1) is 9.20. The molecule has 12 heavy (non-hydrogen) atoms. The monoisotopic (exact) mass is 164 g/mol. The van der Waals surface area contributed by atoms with Crippen LogP contribution < -0.4 is 5.73 Å². The predicted octanol–water partition coefficient (Wildman–Crippen LogP) is 1.84. The molecule has 1 unspecified atom stereocenters. The standard InChI is InChI=1S/C10H16N2/c1-7-4-5-10(12-6-7)8(2)9(3)11/h4-6,8-9H,11H2,1-3H3/t8-,9?/m0/s1. The predicted molar refractivity (Wildman–Crippen MR) is 51.0 cm³/mol. The number of hydrogen-bond acceptors (Lipinski definition) is 2. The normalized spacial score (nSPS) is 15.7. The van der Waals surface area contributed by atoms with Gasteiger partial charge in [0, 0.05) is 23.9 Å². The van der Waals surface area contributed by atoms with Crippen LogP contribution in [0.3, 0.4) is 0 Å². The fourth-order valence-corrected chi connectivity index (χ4v) is 1.02. The number of aromatic nitrogens is 1. The first-order valence-corrected chi connectivity index (χ1v) is 4.29. The van der Waals surface area contributed by atoms with E-state index in [2.05, 4.69) is 18.0 Å². The second kappa shape index (κ2) is 3.68. The molecule has 0 fully saturated rings. The molecule has 0 radical (unpaired) electrons. The van der Waals surface area contributed by atoms with Crippen molar-refractivity contribution in [1.82, 2.24) is 4.98 Å². The van der Waals surface area contributed by atoms with Gasteiger partial charge in [-0.2, -0.15) is 0 Å². The summed E-state index contributed by atoms with van der Waals surface area (Å²) in [4.78, 5) is 4.32. The Kier molecular flexibility index (Phi) is 2.82. The number of aryl methyl sites for hydroxylation is 1. The second-order valence-electron chi connectivity index (χ2n) is 3.41. The van der Waals surface area contributed by atoms with Crippen LogP contribution in [0.25, 0.3) is 0 Å². The molecule has 2 nitrogen and oxygen atoms in total. The first-order chi connectivity index (χ1) is 5.61. The van der Waals surface area contributed by atoms with E-state index in [9.17, 15) is 0 Å². The molecule has 0 saturated heterocycles. The number of nitrogens with zero attached hydrogens (tertiary/aromatic N) is 1. The fraction of sp³-hybridized carbons (Fsp3) is 0.500. The van der Waals surface area contributed by atoms with Crippen LogP contribution in [0, 0.1) is 6.92 Å². The molecule has 1 heterocycles. The average molecular weight is 164 g/mol. The van der Waals surface area contributed by atoms with Gasteiger partial charge in [-0.15, -0.1) is 0 Å². The van der Waals surface area contributed by atoms with Crippen LogP contribution in [0.1, 0.15) is 31.0 Å². The van der Waals surface area contributed by atoms with Gasteiger partial charge in [0.2, 0.25) is 0 Å². The van der Waals surface area contributed by atoms with Crippen LogP contribution in [0.5, 0.6) is 0 Å². The van der Waals surface area contributed by atoms with E-state index in [0.717, 1.165) is 5.69 Å². The molecule has 66 valence electrons. The SMILES string of the molecule is Cc1ccc([C@@H](C)C(C)N)nc1. The Hall–Kier alpha value is -0.890. The van der Waals surface area contributed by atoms with E-state index in [4.69, 9.17) is 5.73 Å². The summed E-state index contributed by atoms with van der Waals surface area (Å²) in [6, 6.07) is 4.28. The molecule has 0 aliphatic carbocycles. The Morgan fingerprint density at radius 3 is 2.42 bits per heavy atom. The summed E-state index contributed by atoms with van der Waals surface area (Å²) in [7, 11) is 0. The topological polar surface area (TPSA) is 38.9 Å². The minimum Gasteiger partial charge on any atom is -0.327 e. The first-order valence-electron chi connectivity index (χ1n) is 4.29. The summed E-state index contributed by atoms with van der Waals surface area (Å²) in [5.74, 6) is 0.339. The lowest BCUT2D eigenvalue weighted by Crippen LogP contribution is -2.23. The lowest BCUT2D eigenvalue weighted by molar-refractivity contribution is 0.598. The van der Waals surface area contributed by atoms with E-state index >= 15 is 0 Å². The minimum absolute atomic E-state index is 0.167. The Bertz CT molecular complexity index is 239. The molecule has 0 amide bonds. The van der Waals surface area contributed by atoms with Crippen LogP contribution in [-0.4, -0.2) is 11.0 Å². The molecular formula is C10H16N2. The highest BCUT2D eigenvalue weighted by atomic mass is 14.7. The zero-order valence-corrected chi connectivity index (χ0v) is 7.91. The van der Waals surface area contributed by atoms with Gasteiger partial charge >= 0.3 is 0 Å². The lowest BCUT2D eigenvalue weighted by Gasteiger charge is -2.14. The second-order valence-corrected chi connectivity index (χ2v) is 3.41. The van der Waals surface area contributed by atoms with Crippen molar-refractivity contribution in [1.29, 1.82) is 0 Å². The van der Waals surface area contributed by atoms with Crippen molar-refractivity contribution in [3.63, 3.8) is 0 Å². The lowest BCUT2D eigenvalue weighted by atomic mass is 10.00. The quantitative estimate of drug-likeness (QED) is 0.724. The molecule has 0 bridgehead atoms. The maximum Gasteiger partial charge on any atom is 0.0447 e. The molecule has 0 aliphatic rings. The largest absolute Gasteiger partial charge is 0.327 e. The van der Waals surface area contributed by atoms with Crippen LogP contribution in [-0.2, 0) is 0 Å². The molecule has 2 atom stereocenters. The maximum absolute atomic E-state index is 5.77. The zero-order valence-electron chi connectivity index (χ0n) is 7.91. The molecule has 1 aromatic heterocycles. The highest BCUT2D eigenvalue weighted by molar-refractivity contribution is 5.15. The van der Waals surface area contributed by atoms with Gasteiger partial charge in [0.1, 0.15) is 0 Å². The molecule has 0 spiro atoms. The van der Waals surface area contributed by atoms with Gasteiger partial charge in [-0.3, -0.25) is 4.98 Å². The van der Waals surface area contributed by atoms with E-state index in [1.165, 1.54) is 5.56 Å². The van der Waals surface area contributed by atoms with Crippen molar-refractivity contribution in [3.05, 3.63) is 29.6 Å². The third kappa shape index (κ3) is 2.05. The van der Waals surface area contributed by atoms with Crippen LogP contribution in [0.4, 0.5) is 0 Å². The van der Waals surface area contributed by atoms with Gasteiger partial charge in [0.25, 0.3) is 0 Å². The Labute approximate surface area is 73.8 Å². The van der Waals surface area contributed by atoms with Crippen LogP contribution >= 0.6 is 0 Å². The van der Waals surface area contributed by atoms with Crippen molar-refractivity contribution < 1.29 is 0 Å². The highest BCUT2D eigenvalue weighted by Crippen LogP contribution is 2.14. The number of pyridine rings is 1. The van der Waals surface area contributed by atoms with Crippen LogP contribution in [0.15, 0.2) is 18.3 Å². The Morgan fingerprint density at radius 1 is 1.33 bits per heavy atom. The zero-order chi connectivity index (χ0) is 9.14. The summed E-state index contributed by atoms with van der Waals surface area (Å²) in [5.41, 5.74) is 8.04. The van der Waals surface area contributed by atoms with Gasteiger partial charge in [-0.1, -0.05) is 13.0 Å². The van der Waals surface area contributed by atoms with Crippen molar-refractivity contribution in [2.75, 3.05) is 0 Å². The average Bonchev–Trinajstić information content (AvgIpc) is 2.04. The van der Waals surface area contributed by atoms with Gasteiger partial charge < -0.3 is 5.73 Å². The van der Waals surface area contributed by atoms with E-state index in [1.54, 1.807) is 0 Å². The molecule has 1 aromatic rings. The van der Waals surface area contributed by atoms with Gasteiger partial charge in [-0.05, 0) is 25.5 Å². The van der Waals surface area contributed by atoms with E-state index in [1.807, 2.05) is 26.1 Å². The smallest absolute Gasteiger partial charge is 0.0447 e. The minimum atomic E-state index is 0.167. The fourth-order valence-electron chi connectivity index (χ4n) is 1.02. The molecule has 0 aliphatic heterocycles. The summed E-state index contributed by atoms with van der Waals surface area (Å²) >= 11 is 0. The number of rotatable bonds is 2. The van der Waals surface area contributed by atoms with Crippen molar-refractivity contribution in [2.24, 2.45) is 5.73 Å². The third-order valence-electron chi connectivity index (χ3n) is 2.19. The summed E-state index contributed by atoms with van der Waals surface area (Å²) in [6.45, 7) is 6.14. The molecule has 2 heteroatoms. The van der Waals surface area contributed by atoms with Crippen LogP contribution in [0.2, 0.25) is 0 Å². The van der Waals surface area contributed by atoms with Crippen molar-refractivity contribution >= 4 is 0 Å². The van der Waals surface area contributed by atoms with E-state index < -0.39 is 0 Å². The molecular weight excluding hydrogens is 148 g/mol. The molecule has 0 aromatic carbocycles. The maximum atomic E-state index is 5.77. The molecule has 0 saturated carbocycles. The Morgan fingerprint density at radius 2 is 2.00 bits per heavy atom. The molecule has 1 rings (SSSR count). The number of nitrogens with two attached hydrogens (primary N) is 1. The summed E-state index contributed by atoms with van der Waals surface area (Å²) < 4.78 is 0. The van der Waals surface area contributed by atoms with E-state index in [-0.39, 0.29) is 6.04 Å². The highest BCUT2D eigenvalue weighted by Gasteiger charge is 2.10. The van der Waals surface area contributed by atoms with Crippen molar-refractivity contribution in [2.45, 2.75) is 32.7 Å². The summed E-state index contributed by atoms with van der Waals surface area (Å²) in [5, 5.41) is 0. The van der Waals surface area contributed by atoms with Gasteiger partial charge in [-0.25, -0.2) is 0 Å². The van der Waals surface area contributed by atoms with Gasteiger partial charge in [0.05, 0.1) is 0 Å². The number of hydrogen-bond donors (Lipinski definition) is 1. The molecule has 2 N–H and O–H groups in total. The van der Waals surface area contributed by atoms with Gasteiger partial charge in [0.15, 0.2) is 0 Å². The Balaban J connectivity index is 2.82. The van der Waals surface area contributed by atoms with Crippen molar-refractivity contribution in [3.8, 4) is 0 Å².